The standard InChI is InChI=1S/C16H20N2O/c1-3-12-17-15-10-7-11-16(18-15)19-13(2)14-8-5-4-6-9-14/h4-11,13H,3,12H2,1-2H3,(H,17,18). The topological polar surface area (TPSA) is 34.1 Å². The Balaban J connectivity index is 2.02. The van der Waals surface area contributed by atoms with Gasteiger partial charge in [-0.15, -0.1) is 0 Å². The maximum absolute atomic E-state index is 5.87. The van der Waals surface area contributed by atoms with Crippen molar-refractivity contribution in [3.05, 3.63) is 54.1 Å². The maximum atomic E-state index is 5.87. The van der Waals surface area contributed by atoms with Crippen LogP contribution in [0, 0.1) is 0 Å². The van der Waals surface area contributed by atoms with E-state index in [1.807, 2.05) is 43.3 Å². The van der Waals surface area contributed by atoms with E-state index in [-0.39, 0.29) is 6.10 Å². The minimum absolute atomic E-state index is 0.00451. The van der Waals surface area contributed by atoms with Gasteiger partial charge < -0.3 is 10.1 Å². The number of ether oxygens (including phenoxy) is 1. The normalized spacial score (nSPS) is 11.9. The first-order chi connectivity index (χ1) is 9.29. The Morgan fingerprint density at radius 2 is 1.89 bits per heavy atom. The second-order valence-electron chi connectivity index (χ2n) is 4.46. The summed E-state index contributed by atoms with van der Waals surface area (Å²) in [4.78, 5) is 4.44. The average molecular weight is 256 g/mol. The molecule has 1 atom stereocenters. The van der Waals surface area contributed by atoms with Crippen molar-refractivity contribution in [3.63, 3.8) is 0 Å². The van der Waals surface area contributed by atoms with E-state index in [1.54, 1.807) is 0 Å². The number of rotatable bonds is 6. The van der Waals surface area contributed by atoms with E-state index in [1.165, 1.54) is 0 Å². The van der Waals surface area contributed by atoms with E-state index >= 15 is 0 Å². The summed E-state index contributed by atoms with van der Waals surface area (Å²) in [7, 11) is 0. The number of pyridine rings is 1. The van der Waals surface area contributed by atoms with Crippen LogP contribution in [-0.4, -0.2) is 11.5 Å². The van der Waals surface area contributed by atoms with E-state index in [2.05, 4.69) is 29.4 Å². The summed E-state index contributed by atoms with van der Waals surface area (Å²) in [6.07, 6.45) is 1.07. The molecule has 1 N–H and O–H groups in total. The van der Waals surface area contributed by atoms with Crippen LogP contribution >= 0.6 is 0 Å². The minimum Gasteiger partial charge on any atom is -0.470 e. The molecule has 0 radical (unpaired) electrons. The summed E-state index contributed by atoms with van der Waals surface area (Å²) in [5.74, 6) is 1.51. The van der Waals surface area contributed by atoms with Gasteiger partial charge in [0.1, 0.15) is 11.9 Å². The summed E-state index contributed by atoms with van der Waals surface area (Å²) < 4.78 is 5.87. The second kappa shape index (κ2) is 6.78. The van der Waals surface area contributed by atoms with Crippen molar-refractivity contribution >= 4 is 5.82 Å². The summed E-state index contributed by atoms with van der Waals surface area (Å²) in [6.45, 7) is 5.08. The molecule has 0 aliphatic rings. The van der Waals surface area contributed by atoms with Crippen molar-refractivity contribution in [2.45, 2.75) is 26.4 Å². The fourth-order valence-electron chi connectivity index (χ4n) is 1.81. The number of nitrogens with one attached hydrogen (secondary N) is 1. The number of hydrogen-bond acceptors (Lipinski definition) is 3. The molecule has 1 aromatic heterocycles. The molecule has 1 aromatic carbocycles. The fourth-order valence-corrected chi connectivity index (χ4v) is 1.81. The van der Waals surface area contributed by atoms with Crippen molar-refractivity contribution < 1.29 is 4.74 Å². The monoisotopic (exact) mass is 256 g/mol. The summed E-state index contributed by atoms with van der Waals surface area (Å²) >= 11 is 0. The van der Waals surface area contributed by atoms with Gasteiger partial charge in [-0.1, -0.05) is 43.3 Å². The highest BCUT2D eigenvalue weighted by atomic mass is 16.5. The first-order valence-corrected chi connectivity index (χ1v) is 6.72. The van der Waals surface area contributed by atoms with E-state index in [0.717, 1.165) is 24.3 Å². The highest BCUT2D eigenvalue weighted by molar-refractivity contribution is 5.37. The van der Waals surface area contributed by atoms with Gasteiger partial charge in [-0.3, -0.25) is 0 Å². The zero-order valence-electron chi connectivity index (χ0n) is 11.5. The van der Waals surface area contributed by atoms with E-state index in [4.69, 9.17) is 4.74 Å². The van der Waals surface area contributed by atoms with E-state index in [0.29, 0.717) is 5.88 Å². The van der Waals surface area contributed by atoms with Gasteiger partial charge >= 0.3 is 0 Å². The van der Waals surface area contributed by atoms with E-state index in [9.17, 15) is 0 Å². The van der Waals surface area contributed by atoms with Crippen molar-refractivity contribution in [1.29, 1.82) is 0 Å². The first kappa shape index (κ1) is 13.4. The molecule has 2 rings (SSSR count). The highest BCUT2D eigenvalue weighted by Crippen LogP contribution is 2.20. The van der Waals surface area contributed by atoms with Gasteiger partial charge in [0.25, 0.3) is 0 Å². The zero-order chi connectivity index (χ0) is 13.5. The molecule has 100 valence electrons. The minimum atomic E-state index is -0.00451. The molecular formula is C16H20N2O. The number of benzene rings is 1. The third kappa shape index (κ3) is 3.98. The van der Waals surface area contributed by atoms with Crippen molar-refractivity contribution in [1.82, 2.24) is 4.98 Å². The summed E-state index contributed by atoms with van der Waals surface area (Å²) in [5.41, 5.74) is 1.15. The molecule has 0 bridgehead atoms. The molecule has 1 unspecified atom stereocenters. The average Bonchev–Trinajstić information content (AvgIpc) is 2.46. The van der Waals surface area contributed by atoms with Crippen molar-refractivity contribution in [2.75, 3.05) is 11.9 Å². The van der Waals surface area contributed by atoms with Crippen molar-refractivity contribution in [2.24, 2.45) is 0 Å². The lowest BCUT2D eigenvalue weighted by atomic mass is 10.1. The third-order valence-corrected chi connectivity index (χ3v) is 2.85. The lowest BCUT2D eigenvalue weighted by Crippen LogP contribution is -2.06. The lowest BCUT2D eigenvalue weighted by Gasteiger charge is -2.15. The van der Waals surface area contributed by atoms with Crippen LogP contribution in [-0.2, 0) is 0 Å². The summed E-state index contributed by atoms with van der Waals surface area (Å²) in [6, 6.07) is 15.9. The molecule has 0 saturated carbocycles. The van der Waals surface area contributed by atoms with Crippen LogP contribution in [0.15, 0.2) is 48.5 Å². The van der Waals surface area contributed by atoms with Gasteiger partial charge in [0.05, 0.1) is 0 Å². The van der Waals surface area contributed by atoms with E-state index < -0.39 is 0 Å². The molecular weight excluding hydrogens is 236 g/mol. The Bertz CT molecular complexity index is 499. The Kier molecular flexibility index (Phi) is 4.78. The fraction of sp³-hybridized carbons (Fsp3) is 0.312. The van der Waals surface area contributed by atoms with Gasteiger partial charge in [0.15, 0.2) is 0 Å². The van der Waals surface area contributed by atoms with Gasteiger partial charge in [-0.05, 0) is 25.0 Å². The Morgan fingerprint density at radius 1 is 1.11 bits per heavy atom. The quantitative estimate of drug-likeness (QED) is 0.846. The van der Waals surface area contributed by atoms with Gasteiger partial charge in [-0.25, -0.2) is 0 Å². The maximum Gasteiger partial charge on any atom is 0.215 e. The van der Waals surface area contributed by atoms with Crippen LogP contribution in [0.4, 0.5) is 5.82 Å². The lowest BCUT2D eigenvalue weighted by molar-refractivity contribution is 0.218. The third-order valence-electron chi connectivity index (χ3n) is 2.85. The van der Waals surface area contributed by atoms with Gasteiger partial charge in [0.2, 0.25) is 5.88 Å². The zero-order valence-corrected chi connectivity index (χ0v) is 11.5. The largest absolute Gasteiger partial charge is 0.470 e. The molecule has 1 heterocycles. The number of aromatic nitrogens is 1. The molecule has 2 aromatic rings. The number of hydrogen-bond donors (Lipinski definition) is 1. The van der Waals surface area contributed by atoms with Crippen LogP contribution in [0.2, 0.25) is 0 Å². The Hall–Kier alpha value is -2.03. The predicted molar refractivity (Wildman–Crippen MR) is 78.5 cm³/mol. The molecule has 0 amide bonds. The molecule has 0 aliphatic carbocycles. The Labute approximate surface area is 114 Å². The van der Waals surface area contributed by atoms with Crippen LogP contribution < -0.4 is 10.1 Å². The Morgan fingerprint density at radius 3 is 2.63 bits per heavy atom. The second-order valence-corrected chi connectivity index (χ2v) is 4.46. The van der Waals surface area contributed by atoms with Crippen LogP contribution in [0.25, 0.3) is 0 Å². The predicted octanol–water partition coefficient (Wildman–Crippen LogP) is 4.04. The van der Waals surface area contributed by atoms with Gasteiger partial charge in [-0.2, -0.15) is 4.98 Å². The number of nitrogens with zero attached hydrogens (tertiary/aromatic N) is 1. The molecule has 0 aliphatic heterocycles. The van der Waals surface area contributed by atoms with Crippen molar-refractivity contribution in [3.8, 4) is 5.88 Å². The molecule has 0 spiro atoms. The molecule has 3 nitrogen and oxygen atoms in total. The SMILES string of the molecule is CCCNc1cccc(OC(C)c2ccccc2)n1. The molecule has 0 saturated heterocycles. The summed E-state index contributed by atoms with van der Waals surface area (Å²) in [5, 5.41) is 3.26. The highest BCUT2D eigenvalue weighted by Gasteiger charge is 2.07. The van der Waals surface area contributed by atoms with Crippen LogP contribution in [0.3, 0.4) is 0 Å². The van der Waals surface area contributed by atoms with Gasteiger partial charge in [0, 0.05) is 12.6 Å². The first-order valence-electron chi connectivity index (χ1n) is 6.72. The molecule has 3 heteroatoms. The molecule has 0 fully saturated rings. The number of anilines is 1. The van der Waals surface area contributed by atoms with Crippen LogP contribution in [0.1, 0.15) is 31.9 Å². The van der Waals surface area contributed by atoms with Crippen LogP contribution in [0.5, 0.6) is 5.88 Å². The smallest absolute Gasteiger partial charge is 0.215 e. The molecule has 19 heavy (non-hydrogen) atoms.